The first-order valence-electron chi connectivity index (χ1n) is 8.55. The molecule has 0 radical (unpaired) electrons. The molecule has 0 bridgehead atoms. The molecular weight excluding hydrogens is 341 g/mol. The van der Waals surface area contributed by atoms with E-state index in [-0.39, 0.29) is 34.4 Å². The molecule has 0 aliphatic heterocycles. The number of amides is 1. The van der Waals surface area contributed by atoms with Gasteiger partial charge in [-0.1, -0.05) is 50.6 Å². The van der Waals surface area contributed by atoms with E-state index in [4.69, 9.17) is 4.42 Å². The monoisotopic (exact) mass is 363 g/mol. The van der Waals surface area contributed by atoms with Gasteiger partial charge in [-0.25, -0.2) is 4.39 Å². The molecule has 1 aliphatic carbocycles. The van der Waals surface area contributed by atoms with E-state index in [9.17, 15) is 9.18 Å². The highest BCUT2D eigenvalue weighted by Gasteiger charge is 2.28. The summed E-state index contributed by atoms with van der Waals surface area (Å²) < 4.78 is 19.2. The zero-order chi connectivity index (χ0) is 17.8. The minimum Gasteiger partial charge on any atom is -0.411 e. The van der Waals surface area contributed by atoms with Gasteiger partial charge in [0.25, 0.3) is 11.1 Å². The maximum atomic E-state index is 13.7. The standard InChI is InChI=1S/C18H22FN3O2S/c1-11-6-5-9-15(12(11)2)20-16(23)10-25-18-22-21-17(24-18)13-7-3-4-8-14(13)19/h3-4,7-8,11-12,15H,5-6,9-10H2,1-2H3,(H,20,23)/t11-,12+,15-/m1/s1. The third-order valence-electron chi connectivity index (χ3n) is 4.89. The summed E-state index contributed by atoms with van der Waals surface area (Å²) in [5, 5.41) is 11.1. The molecule has 3 rings (SSSR count). The van der Waals surface area contributed by atoms with Crippen LogP contribution in [0.4, 0.5) is 4.39 Å². The zero-order valence-electron chi connectivity index (χ0n) is 14.4. The van der Waals surface area contributed by atoms with E-state index in [1.807, 2.05) is 0 Å². The van der Waals surface area contributed by atoms with E-state index in [2.05, 4.69) is 29.4 Å². The van der Waals surface area contributed by atoms with E-state index in [0.717, 1.165) is 12.8 Å². The molecule has 1 saturated carbocycles. The van der Waals surface area contributed by atoms with Crippen LogP contribution in [0.15, 0.2) is 33.9 Å². The fourth-order valence-electron chi connectivity index (χ4n) is 3.17. The van der Waals surface area contributed by atoms with Crippen molar-refractivity contribution in [2.24, 2.45) is 11.8 Å². The van der Waals surface area contributed by atoms with Gasteiger partial charge in [0.1, 0.15) is 5.82 Å². The number of carbonyl (C=O) groups is 1. The molecule has 1 aromatic carbocycles. The molecule has 5 nitrogen and oxygen atoms in total. The van der Waals surface area contributed by atoms with Crippen LogP contribution in [0.5, 0.6) is 0 Å². The molecule has 3 atom stereocenters. The summed E-state index contributed by atoms with van der Waals surface area (Å²) in [6.07, 6.45) is 3.41. The number of benzene rings is 1. The molecule has 1 fully saturated rings. The van der Waals surface area contributed by atoms with Crippen molar-refractivity contribution in [3.63, 3.8) is 0 Å². The molecule has 25 heavy (non-hydrogen) atoms. The normalized spacial score (nSPS) is 23.4. The zero-order valence-corrected chi connectivity index (χ0v) is 15.2. The van der Waals surface area contributed by atoms with Crippen LogP contribution in [0, 0.1) is 17.7 Å². The molecule has 1 aromatic heterocycles. The fourth-order valence-corrected chi connectivity index (χ4v) is 3.75. The number of hydrogen-bond acceptors (Lipinski definition) is 5. The second-order valence-corrected chi connectivity index (χ2v) is 7.51. The molecular formula is C18H22FN3O2S. The van der Waals surface area contributed by atoms with E-state index in [1.54, 1.807) is 18.2 Å². The average molecular weight is 363 g/mol. The number of rotatable bonds is 5. The van der Waals surface area contributed by atoms with Gasteiger partial charge in [-0.2, -0.15) is 0 Å². The highest BCUT2D eigenvalue weighted by atomic mass is 32.2. The number of hydrogen-bond donors (Lipinski definition) is 1. The Kier molecular flexibility index (Phi) is 5.73. The Morgan fingerprint density at radius 3 is 2.92 bits per heavy atom. The van der Waals surface area contributed by atoms with Gasteiger partial charge in [-0.05, 0) is 30.4 Å². The van der Waals surface area contributed by atoms with Gasteiger partial charge in [0.15, 0.2) is 0 Å². The summed E-state index contributed by atoms with van der Waals surface area (Å²) >= 11 is 1.17. The van der Waals surface area contributed by atoms with Crippen molar-refractivity contribution in [2.45, 2.75) is 44.4 Å². The van der Waals surface area contributed by atoms with Crippen molar-refractivity contribution in [3.05, 3.63) is 30.1 Å². The van der Waals surface area contributed by atoms with E-state index in [1.165, 1.54) is 24.2 Å². The van der Waals surface area contributed by atoms with E-state index in [0.29, 0.717) is 11.8 Å². The molecule has 0 saturated heterocycles. The Labute approximate surface area is 150 Å². The van der Waals surface area contributed by atoms with Crippen LogP contribution in [0.3, 0.4) is 0 Å². The number of halogens is 1. The lowest BCUT2D eigenvalue weighted by atomic mass is 9.78. The molecule has 0 spiro atoms. The van der Waals surface area contributed by atoms with Crippen molar-refractivity contribution in [1.29, 1.82) is 0 Å². The average Bonchev–Trinajstić information content (AvgIpc) is 3.06. The Hall–Kier alpha value is -1.89. The van der Waals surface area contributed by atoms with Gasteiger partial charge in [-0.15, -0.1) is 10.2 Å². The third kappa shape index (κ3) is 4.39. The largest absolute Gasteiger partial charge is 0.411 e. The van der Waals surface area contributed by atoms with Crippen LogP contribution < -0.4 is 5.32 Å². The minimum absolute atomic E-state index is 0.0402. The molecule has 134 valence electrons. The topological polar surface area (TPSA) is 68.0 Å². The predicted molar refractivity (Wildman–Crippen MR) is 94.5 cm³/mol. The number of carbonyl (C=O) groups excluding carboxylic acids is 1. The Morgan fingerprint density at radius 1 is 1.32 bits per heavy atom. The van der Waals surface area contributed by atoms with Crippen molar-refractivity contribution in [2.75, 3.05) is 5.75 Å². The molecule has 1 heterocycles. The second-order valence-electron chi connectivity index (χ2n) is 6.58. The van der Waals surface area contributed by atoms with Crippen LogP contribution in [-0.2, 0) is 4.79 Å². The highest BCUT2D eigenvalue weighted by Crippen LogP contribution is 2.30. The first-order chi connectivity index (χ1) is 12.0. The second kappa shape index (κ2) is 7.99. The van der Waals surface area contributed by atoms with Crippen molar-refractivity contribution < 1.29 is 13.6 Å². The van der Waals surface area contributed by atoms with E-state index < -0.39 is 5.82 Å². The molecule has 1 aliphatic rings. The van der Waals surface area contributed by atoms with Gasteiger partial charge in [0.05, 0.1) is 11.3 Å². The molecule has 0 unspecified atom stereocenters. The Bertz CT molecular complexity index is 737. The third-order valence-corrected chi connectivity index (χ3v) is 5.71. The van der Waals surface area contributed by atoms with E-state index >= 15 is 0 Å². The van der Waals surface area contributed by atoms with Gasteiger partial charge >= 0.3 is 0 Å². The minimum atomic E-state index is -0.416. The SMILES string of the molecule is C[C@H]1[C@H](C)CCC[C@H]1NC(=O)CSc1nnc(-c2ccccc2F)o1. The highest BCUT2D eigenvalue weighted by molar-refractivity contribution is 7.99. The first kappa shape index (κ1) is 17.9. The van der Waals surface area contributed by atoms with Gasteiger partial charge in [0, 0.05) is 6.04 Å². The maximum Gasteiger partial charge on any atom is 0.277 e. The summed E-state index contributed by atoms with van der Waals surface area (Å²) in [5.41, 5.74) is 0.260. The van der Waals surface area contributed by atoms with Crippen molar-refractivity contribution >= 4 is 17.7 Å². The molecule has 2 aromatic rings. The lowest BCUT2D eigenvalue weighted by Gasteiger charge is -2.34. The maximum absolute atomic E-state index is 13.7. The van der Waals surface area contributed by atoms with Gasteiger partial charge in [-0.3, -0.25) is 4.79 Å². The van der Waals surface area contributed by atoms with Crippen LogP contribution in [0.1, 0.15) is 33.1 Å². The molecule has 1 N–H and O–H groups in total. The van der Waals surface area contributed by atoms with Crippen molar-refractivity contribution in [3.8, 4) is 11.5 Å². The number of aromatic nitrogens is 2. The first-order valence-corrected chi connectivity index (χ1v) is 9.53. The lowest BCUT2D eigenvalue weighted by Crippen LogP contribution is -2.44. The molecule has 1 amide bonds. The number of nitrogens with one attached hydrogen (secondary N) is 1. The van der Waals surface area contributed by atoms with Gasteiger partial charge < -0.3 is 9.73 Å². The van der Waals surface area contributed by atoms with Crippen LogP contribution in [0.2, 0.25) is 0 Å². The summed E-state index contributed by atoms with van der Waals surface area (Å²) in [6.45, 7) is 4.43. The fraction of sp³-hybridized carbons (Fsp3) is 0.500. The van der Waals surface area contributed by atoms with Crippen molar-refractivity contribution in [1.82, 2.24) is 15.5 Å². The van der Waals surface area contributed by atoms with Crippen LogP contribution in [-0.4, -0.2) is 27.9 Å². The summed E-state index contributed by atoms with van der Waals surface area (Å²) in [7, 11) is 0. The smallest absolute Gasteiger partial charge is 0.277 e. The summed E-state index contributed by atoms with van der Waals surface area (Å²) in [6, 6.07) is 6.45. The quantitative estimate of drug-likeness (QED) is 0.816. The number of thioether (sulfide) groups is 1. The Morgan fingerprint density at radius 2 is 2.12 bits per heavy atom. The number of nitrogens with zero attached hydrogens (tertiary/aromatic N) is 2. The summed E-state index contributed by atoms with van der Waals surface area (Å²) in [5.74, 6) is 0.985. The lowest BCUT2D eigenvalue weighted by molar-refractivity contribution is -0.120. The predicted octanol–water partition coefficient (Wildman–Crippen LogP) is 3.91. The summed E-state index contributed by atoms with van der Waals surface area (Å²) in [4.78, 5) is 12.2. The van der Waals surface area contributed by atoms with Crippen LogP contribution >= 0.6 is 11.8 Å². The van der Waals surface area contributed by atoms with Crippen LogP contribution in [0.25, 0.3) is 11.5 Å². The molecule has 7 heteroatoms. The van der Waals surface area contributed by atoms with Gasteiger partial charge in [0.2, 0.25) is 5.91 Å². The Balaban J connectivity index is 1.54.